The molecular weight excluding hydrogens is 296 g/mol. The minimum atomic E-state index is -0.508. The average Bonchev–Trinajstić information content (AvgIpc) is 3.03. The minimum absolute atomic E-state index is 0.0618. The van der Waals surface area contributed by atoms with Crippen molar-refractivity contribution >= 4 is 12.0 Å². The predicted molar refractivity (Wildman–Crippen MR) is 86.3 cm³/mol. The summed E-state index contributed by atoms with van der Waals surface area (Å²) in [4.78, 5) is 24.0. The molecule has 1 aliphatic carbocycles. The number of carbonyl (C=O) groups excluding carboxylic acids is 2. The maximum Gasteiger partial charge on any atom is 0.407 e. The van der Waals surface area contributed by atoms with Gasteiger partial charge >= 0.3 is 6.09 Å². The van der Waals surface area contributed by atoms with Gasteiger partial charge in [-0.05, 0) is 52.5 Å². The fourth-order valence-corrected chi connectivity index (χ4v) is 2.87. The second-order valence-corrected chi connectivity index (χ2v) is 7.04. The second-order valence-electron chi connectivity index (χ2n) is 7.04. The van der Waals surface area contributed by atoms with E-state index in [9.17, 15) is 9.59 Å². The molecule has 0 aromatic carbocycles. The molecule has 2 amide bonds. The van der Waals surface area contributed by atoms with E-state index in [2.05, 4.69) is 10.6 Å². The van der Waals surface area contributed by atoms with Crippen LogP contribution in [0.15, 0.2) is 16.7 Å². The normalized spacial score (nSPS) is 21.0. The van der Waals surface area contributed by atoms with Crippen molar-refractivity contribution in [1.29, 1.82) is 0 Å². The third-order valence-electron chi connectivity index (χ3n) is 3.99. The van der Waals surface area contributed by atoms with Crippen LogP contribution in [0, 0.1) is 12.8 Å². The third-order valence-corrected chi connectivity index (χ3v) is 3.99. The zero-order valence-corrected chi connectivity index (χ0v) is 14.3. The fourth-order valence-electron chi connectivity index (χ4n) is 2.87. The Morgan fingerprint density at radius 2 is 2.09 bits per heavy atom. The van der Waals surface area contributed by atoms with E-state index in [0.29, 0.717) is 17.9 Å². The Labute approximate surface area is 137 Å². The molecule has 0 radical (unpaired) electrons. The molecule has 1 heterocycles. The van der Waals surface area contributed by atoms with Gasteiger partial charge in [0.1, 0.15) is 11.4 Å². The molecule has 2 unspecified atom stereocenters. The van der Waals surface area contributed by atoms with Crippen molar-refractivity contribution in [3.63, 3.8) is 0 Å². The first-order chi connectivity index (χ1) is 10.8. The summed E-state index contributed by atoms with van der Waals surface area (Å²) in [5.74, 6) is 0.716. The van der Waals surface area contributed by atoms with E-state index in [-0.39, 0.29) is 17.9 Å². The van der Waals surface area contributed by atoms with E-state index in [4.69, 9.17) is 9.15 Å². The van der Waals surface area contributed by atoms with Crippen LogP contribution in [0.5, 0.6) is 0 Å². The van der Waals surface area contributed by atoms with Crippen LogP contribution in [0.4, 0.5) is 4.79 Å². The topological polar surface area (TPSA) is 80.6 Å². The standard InChI is InChI=1S/C17H26N2O4/c1-11-13(8-9-22-11)15(20)19-14-7-5-6-12(14)10-18-16(21)23-17(2,3)4/h8-9,12,14H,5-7,10H2,1-4H3,(H,18,21)(H,19,20). The van der Waals surface area contributed by atoms with Gasteiger partial charge in [-0.25, -0.2) is 4.79 Å². The van der Waals surface area contributed by atoms with Gasteiger partial charge in [0.2, 0.25) is 0 Å². The number of alkyl carbamates (subject to hydrolysis) is 1. The van der Waals surface area contributed by atoms with Crippen molar-refractivity contribution in [2.75, 3.05) is 6.54 Å². The molecule has 0 saturated heterocycles. The summed E-state index contributed by atoms with van der Waals surface area (Å²) in [5, 5.41) is 5.85. The smallest absolute Gasteiger partial charge is 0.407 e. The molecular formula is C17H26N2O4. The lowest BCUT2D eigenvalue weighted by atomic mass is 10.0. The van der Waals surface area contributed by atoms with Crippen molar-refractivity contribution in [2.45, 2.75) is 58.6 Å². The molecule has 1 aliphatic rings. The van der Waals surface area contributed by atoms with E-state index >= 15 is 0 Å². The summed E-state index contributed by atoms with van der Waals surface area (Å²) >= 11 is 0. The summed E-state index contributed by atoms with van der Waals surface area (Å²) < 4.78 is 10.4. The molecule has 0 aliphatic heterocycles. The molecule has 6 nitrogen and oxygen atoms in total. The summed E-state index contributed by atoms with van der Waals surface area (Å²) in [6.45, 7) is 7.77. The van der Waals surface area contributed by atoms with Crippen LogP contribution in [-0.4, -0.2) is 30.2 Å². The van der Waals surface area contributed by atoms with Crippen LogP contribution in [0.1, 0.15) is 56.2 Å². The first-order valence-corrected chi connectivity index (χ1v) is 8.08. The van der Waals surface area contributed by atoms with Crippen molar-refractivity contribution in [3.8, 4) is 0 Å². The Kier molecular flexibility index (Phi) is 5.34. The van der Waals surface area contributed by atoms with Gasteiger partial charge in [-0.3, -0.25) is 4.79 Å². The highest BCUT2D eigenvalue weighted by Crippen LogP contribution is 2.26. The average molecular weight is 322 g/mol. The number of ether oxygens (including phenoxy) is 1. The maximum atomic E-state index is 12.3. The first-order valence-electron chi connectivity index (χ1n) is 8.08. The van der Waals surface area contributed by atoms with E-state index in [1.807, 2.05) is 20.8 Å². The third kappa shape index (κ3) is 5.01. The van der Waals surface area contributed by atoms with Crippen LogP contribution in [0.2, 0.25) is 0 Å². The molecule has 1 saturated carbocycles. The van der Waals surface area contributed by atoms with Gasteiger partial charge in [0, 0.05) is 12.6 Å². The molecule has 1 fully saturated rings. The Hall–Kier alpha value is -1.98. The Balaban J connectivity index is 1.84. The second kappa shape index (κ2) is 7.06. The van der Waals surface area contributed by atoms with Gasteiger partial charge in [-0.2, -0.15) is 0 Å². The SMILES string of the molecule is Cc1occc1C(=O)NC1CCCC1CNC(=O)OC(C)(C)C. The zero-order chi connectivity index (χ0) is 17.0. The van der Waals surface area contributed by atoms with E-state index in [0.717, 1.165) is 19.3 Å². The molecule has 128 valence electrons. The molecule has 2 N–H and O–H groups in total. The number of furan rings is 1. The Morgan fingerprint density at radius 3 is 2.70 bits per heavy atom. The van der Waals surface area contributed by atoms with Gasteiger partial charge in [0.25, 0.3) is 5.91 Å². The monoisotopic (exact) mass is 322 g/mol. The van der Waals surface area contributed by atoms with Crippen LogP contribution < -0.4 is 10.6 Å². The molecule has 1 aromatic heterocycles. The fraction of sp³-hybridized carbons (Fsp3) is 0.647. The van der Waals surface area contributed by atoms with Crippen molar-refractivity contribution < 1.29 is 18.7 Å². The number of amides is 2. The minimum Gasteiger partial charge on any atom is -0.469 e. The molecule has 6 heteroatoms. The number of rotatable bonds is 4. The number of nitrogens with one attached hydrogen (secondary N) is 2. The van der Waals surface area contributed by atoms with Crippen LogP contribution >= 0.6 is 0 Å². The van der Waals surface area contributed by atoms with Crippen molar-refractivity contribution in [1.82, 2.24) is 10.6 Å². The molecule has 23 heavy (non-hydrogen) atoms. The summed E-state index contributed by atoms with van der Waals surface area (Å²) in [6, 6.07) is 1.74. The lowest BCUT2D eigenvalue weighted by Gasteiger charge is -2.23. The van der Waals surface area contributed by atoms with Gasteiger partial charge in [-0.1, -0.05) is 6.42 Å². The Morgan fingerprint density at radius 1 is 1.35 bits per heavy atom. The Bertz CT molecular complexity index is 559. The molecule has 1 aromatic rings. The molecule has 0 spiro atoms. The van der Waals surface area contributed by atoms with Gasteiger partial charge in [0.15, 0.2) is 0 Å². The van der Waals surface area contributed by atoms with Crippen molar-refractivity contribution in [2.24, 2.45) is 5.92 Å². The zero-order valence-electron chi connectivity index (χ0n) is 14.3. The summed E-state index contributed by atoms with van der Waals surface area (Å²) in [5.41, 5.74) is 0.0578. The lowest BCUT2D eigenvalue weighted by Crippen LogP contribution is -2.43. The maximum absolute atomic E-state index is 12.3. The molecule has 0 bridgehead atoms. The number of aryl methyl sites for hydroxylation is 1. The van der Waals surface area contributed by atoms with Gasteiger partial charge in [-0.15, -0.1) is 0 Å². The summed E-state index contributed by atoms with van der Waals surface area (Å²) in [6.07, 6.45) is 4.03. The molecule has 2 rings (SSSR count). The number of carbonyl (C=O) groups is 2. The van der Waals surface area contributed by atoms with Crippen LogP contribution in [-0.2, 0) is 4.74 Å². The van der Waals surface area contributed by atoms with E-state index in [1.165, 1.54) is 6.26 Å². The van der Waals surface area contributed by atoms with Crippen molar-refractivity contribution in [3.05, 3.63) is 23.7 Å². The summed E-state index contributed by atoms with van der Waals surface area (Å²) in [7, 11) is 0. The largest absolute Gasteiger partial charge is 0.469 e. The van der Waals surface area contributed by atoms with Gasteiger partial charge in [0.05, 0.1) is 11.8 Å². The predicted octanol–water partition coefficient (Wildman–Crippen LogP) is 3.01. The lowest BCUT2D eigenvalue weighted by molar-refractivity contribution is 0.0517. The first kappa shape index (κ1) is 17.4. The highest BCUT2D eigenvalue weighted by molar-refractivity contribution is 5.95. The van der Waals surface area contributed by atoms with Crippen LogP contribution in [0.25, 0.3) is 0 Å². The number of hydrogen-bond acceptors (Lipinski definition) is 4. The highest BCUT2D eigenvalue weighted by Gasteiger charge is 2.30. The van der Waals surface area contributed by atoms with E-state index in [1.54, 1.807) is 13.0 Å². The van der Waals surface area contributed by atoms with E-state index < -0.39 is 11.7 Å². The van der Waals surface area contributed by atoms with Gasteiger partial charge < -0.3 is 19.8 Å². The number of hydrogen-bond donors (Lipinski definition) is 2. The highest BCUT2D eigenvalue weighted by atomic mass is 16.6. The molecule has 2 atom stereocenters. The van der Waals surface area contributed by atoms with Crippen LogP contribution in [0.3, 0.4) is 0 Å². The quantitative estimate of drug-likeness (QED) is 0.893.